The van der Waals surface area contributed by atoms with E-state index in [4.69, 9.17) is 4.74 Å². The second kappa shape index (κ2) is 8.92. The summed E-state index contributed by atoms with van der Waals surface area (Å²) in [5.41, 5.74) is 0. The van der Waals surface area contributed by atoms with Gasteiger partial charge in [0.05, 0.1) is 19.2 Å². The number of ether oxygens (including phenoxy) is 1. The van der Waals surface area contributed by atoms with Gasteiger partial charge in [0.1, 0.15) is 0 Å². The third-order valence-corrected chi connectivity index (χ3v) is 3.61. The number of hydrogen-bond donors (Lipinski definition) is 1. The lowest BCUT2D eigenvalue weighted by atomic mass is 10.1. The Balaban J connectivity index is 2.26. The molecule has 1 heterocycles. The highest BCUT2D eigenvalue weighted by molar-refractivity contribution is 5.85. The van der Waals surface area contributed by atoms with Gasteiger partial charge in [0.15, 0.2) is 0 Å². The molecular formula is C14H27N3O3. The predicted molar refractivity (Wildman–Crippen MR) is 77.4 cm³/mol. The minimum absolute atomic E-state index is 0.00693. The lowest BCUT2D eigenvalue weighted by molar-refractivity contribution is -0.136. The van der Waals surface area contributed by atoms with Crippen molar-refractivity contribution in [2.45, 2.75) is 32.3 Å². The first-order chi connectivity index (χ1) is 9.56. The average molecular weight is 285 g/mol. The third kappa shape index (κ3) is 5.88. The summed E-state index contributed by atoms with van der Waals surface area (Å²) in [5.74, 6) is -0.103. The van der Waals surface area contributed by atoms with Crippen LogP contribution in [0.25, 0.3) is 0 Å². The van der Waals surface area contributed by atoms with E-state index in [1.807, 2.05) is 6.92 Å². The first-order valence-corrected chi connectivity index (χ1v) is 7.32. The molecule has 0 aromatic rings. The number of amides is 2. The monoisotopic (exact) mass is 285 g/mol. The zero-order valence-electron chi connectivity index (χ0n) is 12.9. The fraction of sp³-hybridized carbons (Fsp3) is 0.857. The van der Waals surface area contributed by atoms with Crippen molar-refractivity contribution in [2.75, 3.05) is 46.9 Å². The van der Waals surface area contributed by atoms with Crippen LogP contribution in [0.3, 0.4) is 0 Å². The van der Waals surface area contributed by atoms with E-state index in [-0.39, 0.29) is 18.4 Å². The molecule has 1 rings (SSSR count). The number of carbonyl (C=O) groups is 2. The van der Waals surface area contributed by atoms with Crippen LogP contribution in [0.15, 0.2) is 0 Å². The van der Waals surface area contributed by atoms with Gasteiger partial charge in [-0.25, -0.2) is 0 Å². The highest BCUT2D eigenvalue weighted by Gasteiger charge is 2.22. The molecule has 6 heteroatoms. The van der Waals surface area contributed by atoms with Crippen molar-refractivity contribution in [3.8, 4) is 0 Å². The van der Waals surface area contributed by atoms with Crippen LogP contribution in [0.1, 0.15) is 26.2 Å². The molecule has 0 spiro atoms. The van der Waals surface area contributed by atoms with E-state index in [0.717, 1.165) is 32.4 Å². The van der Waals surface area contributed by atoms with Gasteiger partial charge in [-0.3, -0.25) is 14.5 Å². The number of nitrogens with one attached hydrogen (secondary N) is 1. The zero-order valence-corrected chi connectivity index (χ0v) is 12.9. The molecule has 1 aliphatic heterocycles. The number of hydrogen-bond acceptors (Lipinski definition) is 4. The van der Waals surface area contributed by atoms with Gasteiger partial charge in [0.25, 0.3) is 0 Å². The number of rotatable bonds is 7. The summed E-state index contributed by atoms with van der Waals surface area (Å²) in [5, 5.41) is 2.77. The smallest absolute Gasteiger partial charge is 0.239 e. The average Bonchev–Trinajstić information content (AvgIpc) is 2.45. The number of likely N-dealkylation sites (tertiary alicyclic amines) is 1. The van der Waals surface area contributed by atoms with Gasteiger partial charge in [-0.1, -0.05) is 6.92 Å². The number of nitrogens with zero attached hydrogens (tertiary/aromatic N) is 2. The van der Waals surface area contributed by atoms with Crippen molar-refractivity contribution in [2.24, 2.45) is 0 Å². The zero-order chi connectivity index (χ0) is 15.0. The van der Waals surface area contributed by atoms with Gasteiger partial charge >= 0.3 is 0 Å². The standard InChI is InChI=1S/C14H27N3O3/c1-4-7-15-13(18)10-16(2)14(19)11-17-8-5-12(20-3)6-9-17/h12H,4-11H2,1-3H3,(H,15,18). The van der Waals surface area contributed by atoms with Crippen LogP contribution < -0.4 is 5.32 Å². The van der Waals surface area contributed by atoms with E-state index in [9.17, 15) is 9.59 Å². The molecule has 116 valence electrons. The molecule has 1 aliphatic rings. The maximum Gasteiger partial charge on any atom is 0.239 e. The first-order valence-electron chi connectivity index (χ1n) is 7.32. The van der Waals surface area contributed by atoms with E-state index in [1.54, 1.807) is 14.2 Å². The summed E-state index contributed by atoms with van der Waals surface area (Å²) < 4.78 is 5.31. The normalized spacial score (nSPS) is 16.9. The van der Waals surface area contributed by atoms with Crippen LogP contribution in [0.5, 0.6) is 0 Å². The van der Waals surface area contributed by atoms with Crippen LogP contribution in [0, 0.1) is 0 Å². The molecule has 6 nitrogen and oxygen atoms in total. The van der Waals surface area contributed by atoms with Crippen molar-refractivity contribution in [3.63, 3.8) is 0 Å². The quantitative estimate of drug-likeness (QED) is 0.720. The largest absolute Gasteiger partial charge is 0.381 e. The fourth-order valence-corrected chi connectivity index (χ4v) is 2.24. The summed E-state index contributed by atoms with van der Waals surface area (Å²) in [7, 11) is 3.41. The Labute approximate surface area is 121 Å². The van der Waals surface area contributed by atoms with Crippen LogP contribution in [-0.4, -0.2) is 74.6 Å². The van der Waals surface area contributed by atoms with Crippen LogP contribution in [0.4, 0.5) is 0 Å². The Morgan fingerprint density at radius 1 is 1.35 bits per heavy atom. The molecule has 0 bridgehead atoms. The van der Waals surface area contributed by atoms with Crippen molar-refractivity contribution in [3.05, 3.63) is 0 Å². The van der Waals surface area contributed by atoms with E-state index in [1.165, 1.54) is 4.90 Å². The molecule has 0 aromatic heterocycles. The Bertz CT molecular complexity index is 315. The van der Waals surface area contributed by atoms with E-state index >= 15 is 0 Å². The molecule has 0 aliphatic carbocycles. The van der Waals surface area contributed by atoms with Crippen molar-refractivity contribution >= 4 is 11.8 Å². The van der Waals surface area contributed by atoms with Gasteiger partial charge in [-0.15, -0.1) is 0 Å². The molecule has 0 radical (unpaired) electrons. The minimum Gasteiger partial charge on any atom is -0.381 e. The van der Waals surface area contributed by atoms with Crippen LogP contribution in [0.2, 0.25) is 0 Å². The third-order valence-electron chi connectivity index (χ3n) is 3.61. The topological polar surface area (TPSA) is 61.9 Å². The molecule has 1 N–H and O–H groups in total. The highest BCUT2D eigenvalue weighted by atomic mass is 16.5. The molecule has 0 saturated carbocycles. The Morgan fingerprint density at radius 2 is 2.00 bits per heavy atom. The number of likely N-dealkylation sites (N-methyl/N-ethyl adjacent to an activating group) is 1. The summed E-state index contributed by atoms with van der Waals surface area (Å²) in [6, 6.07) is 0. The second-order valence-corrected chi connectivity index (χ2v) is 5.31. The summed E-state index contributed by atoms with van der Waals surface area (Å²) in [4.78, 5) is 27.2. The Hall–Kier alpha value is -1.14. The van der Waals surface area contributed by atoms with Gasteiger partial charge in [-0.2, -0.15) is 0 Å². The van der Waals surface area contributed by atoms with Gasteiger partial charge < -0.3 is 15.0 Å². The van der Waals surface area contributed by atoms with Crippen molar-refractivity contribution in [1.82, 2.24) is 15.1 Å². The summed E-state index contributed by atoms with van der Waals surface area (Å²) in [6.45, 7) is 4.92. The summed E-state index contributed by atoms with van der Waals surface area (Å²) in [6.07, 6.45) is 3.14. The molecular weight excluding hydrogens is 258 g/mol. The Morgan fingerprint density at radius 3 is 2.55 bits per heavy atom. The van der Waals surface area contributed by atoms with Gasteiger partial charge in [-0.05, 0) is 19.3 Å². The molecule has 0 unspecified atom stereocenters. The number of piperidine rings is 1. The minimum atomic E-state index is -0.0965. The van der Waals surface area contributed by atoms with E-state index < -0.39 is 0 Å². The molecule has 0 atom stereocenters. The first kappa shape index (κ1) is 16.9. The number of methoxy groups -OCH3 is 1. The maximum absolute atomic E-state index is 12.0. The second-order valence-electron chi connectivity index (χ2n) is 5.31. The lowest BCUT2D eigenvalue weighted by Crippen LogP contribution is -2.46. The molecule has 1 saturated heterocycles. The van der Waals surface area contributed by atoms with Gasteiger partial charge in [0, 0.05) is 33.8 Å². The Kier molecular flexibility index (Phi) is 7.54. The lowest BCUT2D eigenvalue weighted by Gasteiger charge is -2.31. The van der Waals surface area contributed by atoms with Crippen LogP contribution in [-0.2, 0) is 14.3 Å². The van der Waals surface area contributed by atoms with Crippen LogP contribution >= 0.6 is 0 Å². The summed E-state index contributed by atoms with van der Waals surface area (Å²) >= 11 is 0. The highest BCUT2D eigenvalue weighted by Crippen LogP contribution is 2.12. The number of carbonyl (C=O) groups excluding carboxylic acids is 2. The molecule has 2 amide bonds. The van der Waals surface area contributed by atoms with Gasteiger partial charge in [0.2, 0.25) is 11.8 Å². The predicted octanol–water partition coefficient (Wildman–Crippen LogP) is 0.0818. The van der Waals surface area contributed by atoms with Crippen molar-refractivity contribution < 1.29 is 14.3 Å². The molecule has 1 fully saturated rings. The van der Waals surface area contributed by atoms with Crippen molar-refractivity contribution in [1.29, 1.82) is 0 Å². The maximum atomic E-state index is 12.0. The molecule has 20 heavy (non-hydrogen) atoms. The fourth-order valence-electron chi connectivity index (χ4n) is 2.24. The SMILES string of the molecule is CCCNC(=O)CN(C)C(=O)CN1CCC(OC)CC1. The van der Waals surface area contributed by atoms with E-state index in [0.29, 0.717) is 19.2 Å². The molecule has 0 aromatic carbocycles. The van der Waals surface area contributed by atoms with E-state index in [2.05, 4.69) is 10.2 Å².